The van der Waals surface area contributed by atoms with Gasteiger partial charge in [0.2, 0.25) is 11.8 Å². The quantitative estimate of drug-likeness (QED) is 0.198. The number of nitrogens with zero attached hydrogens (tertiary/aromatic N) is 2. The van der Waals surface area contributed by atoms with E-state index in [2.05, 4.69) is 77.9 Å². The summed E-state index contributed by atoms with van der Waals surface area (Å²) < 4.78 is 5.48. The fourth-order valence-electron chi connectivity index (χ4n) is 7.04. The lowest BCUT2D eigenvalue weighted by molar-refractivity contribution is -0.384. The molecule has 7 rings (SSSR count). The van der Waals surface area contributed by atoms with E-state index in [1.165, 1.54) is 23.3 Å². The molecule has 0 unspecified atom stereocenters. The Balaban J connectivity index is 1.55. The van der Waals surface area contributed by atoms with E-state index in [1.807, 2.05) is 0 Å². The van der Waals surface area contributed by atoms with E-state index in [0.29, 0.717) is 12.4 Å². The third-order valence-corrected chi connectivity index (χ3v) is 9.06. The normalized spacial score (nSPS) is 22.9. The van der Waals surface area contributed by atoms with Gasteiger partial charge in [-0.3, -0.25) is 19.7 Å². The molecule has 1 fully saturated rings. The number of benzene rings is 3. The van der Waals surface area contributed by atoms with Crippen LogP contribution in [0, 0.1) is 22.0 Å². The predicted octanol–water partition coefficient (Wildman–Crippen LogP) is 6.99. The molecular weight excluding hydrogens is 516 g/mol. The highest BCUT2D eigenvalue weighted by Gasteiger charge is 2.62. The van der Waals surface area contributed by atoms with Crippen molar-refractivity contribution in [1.29, 1.82) is 0 Å². The number of anilines is 1. The lowest BCUT2D eigenvalue weighted by Crippen LogP contribution is -2.42. The van der Waals surface area contributed by atoms with Crippen molar-refractivity contribution in [3.8, 4) is 5.75 Å². The van der Waals surface area contributed by atoms with Crippen molar-refractivity contribution < 1.29 is 19.2 Å². The Labute approximate surface area is 240 Å². The number of nitro benzene ring substituents is 1. The highest BCUT2D eigenvalue weighted by molar-refractivity contribution is 6.24. The van der Waals surface area contributed by atoms with Crippen LogP contribution < -0.4 is 9.64 Å². The maximum Gasteiger partial charge on any atom is 0.297 e. The van der Waals surface area contributed by atoms with E-state index in [1.54, 1.807) is 13.0 Å². The van der Waals surface area contributed by atoms with E-state index in [-0.39, 0.29) is 45.9 Å². The number of imide groups is 1. The number of carbonyl (C=O) groups is 2. The van der Waals surface area contributed by atoms with Gasteiger partial charge < -0.3 is 4.74 Å². The number of carbonyl (C=O) groups excluding carboxylic acids is 2. The van der Waals surface area contributed by atoms with E-state index >= 15 is 0 Å². The molecule has 41 heavy (non-hydrogen) atoms. The zero-order valence-electron chi connectivity index (χ0n) is 24.6. The highest BCUT2D eigenvalue weighted by Crippen LogP contribution is 2.62. The van der Waals surface area contributed by atoms with Gasteiger partial charge in [0, 0.05) is 11.8 Å². The fraction of sp³-hybridized carbons (Fsp3) is 0.412. The molecule has 0 spiro atoms. The van der Waals surface area contributed by atoms with Gasteiger partial charge in [0.05, 0.1) is 29.4 Å². The van der Waals surface area contributed by atoms with Crippen LogP contribution in [0.2, 0.25) is 0 Å². The predicted molar refractivity (Wildman–Crippen MR) is 158 cm³/mol. The molecule has 2 bridgehead atoms. The van der Waals surface area contributed by atoms with Crippen LogP contribution in [0.25, 0.3) is 0 Å². The van der Waals surface area contributed by atoms with E-state index in [9.17, 15) is 19.7 Å². The maximum atomic E-state index is 14.3. The minimum absolute atomic E-state index is 0.00104. The summed E-state index contributed by atoms with van der Waals surface area (Å²) >= 11 is 0. The summed E-state index contributed by atoms with van der Waals surface area (Å²) in [6, 6.07) is 17.3. The Kier molecular flexibility index (Phi) is 5.97. The third kappa shape index (κ3) is 4.00. The molecule has 212 valence electrons. The molecule has 0 radical (unpaired) electrons. The largest absolute Gasteiger partial charge is 0.494 e. The minimum atomic E-state index is -0.630. The van der Waals surface area contributed by atoms with E-state index in [0.717, 1.165) is 27.2 Å². The average Bonchev–Trinajstić information content (AvgIpc) is 3.17. The number of amides is 2. The molecule has 3 aliphatic carbocycles. The molecule has 3 aromatic carbocycles. The summed E-state index contributed by atoms with van der Waals surface area (Å²) in [5.74, 6) is -2.31. The van der Waals surface area contributed by atoms with Gasteiger partial charge in [0.25, 0.3) is 5.69 Å². The Morgan fingerprint density at radius 2 is 1.24 bits per heavy atom. The first kappa shape index (κ1) is 27.2. The van der Waals surface area contributed by atoms with E-state index < -0.39 is 16.8 Å². The van der Waals surface area contributed by atoms with Crippen molar-refractivity contribution in [3.63, 3.8) is 0 Å². The molecule has 1 saturated heterocycles. The zero-order chi connectivity index (χ0) is 29.6. The van der Waals surface area contributed by atoms with Gasteiger partial charge >= 0.3 is 0 Å². The summed E-state index contributed by atoms with van der Waals surface area (Å²) in [7, 11) is 0. The second kappa shape index (κ2) is 9.00. The van der Waals surface area contributed by atoms with Gasteiger partial charge in [-0.2, -0.15) is 0 Å². The molecule has 2 amide bonds. The van der Waals surface area contributed by atoms with Crippen molar-refractivity contribution in [2.45, 2.75) is 71.1 Å². The third-order valence-electron chi connectivity index (χ3n) is 9.06. The Morgan fingerprint density at radius 1 is 0.756 bits per heavy atom. The van der Waals surface area contributed by atoms with Gasteiger partial charge in [0.1, 0.15) is 11.4 Å². The molecule has 4 aliphatic rings. The molecule has 0 aromatic heterocycles. The molecule has 0 N–H and O–H groups in total. The summed E-state index contributed by atoms with van der Waals surface area (Å²) in [6.07, 6.45) is 0. The van der Waals surface area contributed by atoms with Gasteiger partial charge in [-0.1, -0.05) is 77.9 Å². The van der Waals surface area contributed by atoms with Crippen LogP contribution in [0.1, 0.15) is 93.7 Å². The topological polar surface area (TPSA) is 89.8 Å². The van der Waals surface area contributed by atoms with Gasteiger partial charge in [-0.15, -0.1) is 0 Å². The van der Waals surface area contributed by atoms with Crippen LogP contribution in [0.15, 0.2) is 54.6 Å². The lowest BCUT2D eigenvalue weighted by atomic mass is 9.54. The molecule has 1 aliphatic heterocycles. The molecular formula is C34H36N2O5. The standard InChI is InChI=1S/C34H36N2O5/c1-8-41-20-11-14-25(26(17-20)36(39)40)35-31(37)29-27-22-13-10-19(34(5,6)7)16-24(22)28(30(29)32(35)38)21-12-9-18(15-23(21)27)33(2,3)4/h9-17,27-30H,8H2,1-7H3/t27-,28-,29-,30-/m0/s1. The first-order valence-corrected chi connectivity index (χ1v) is 14.3. The van der Waals surface area contributed by atoms with Crippen molar-refractivity contribution in [3.05, 3.63) is 98.1 Å². The van der Waals surface area contributed by atoms with Crippen molar-refractivity contribution in [2.75, 3.05) is 11.5 Å². The van der Waals surface area contributed by atoms with Crippen LogP contribution in [-0.2, 0) is 20.4 Å². The average molecular weight is 553 g/mol. The summed E-state index contributed by atoms with van der Waals surface area (Å²) in [6.45, 7) is 15.1. The van der Waals surface area contributed by atoms with Crippen LogP contribution >= 0.6 is 0 Å². The Bertz CT molecular complexity index is 1540. The second-order valence-electron chi connectivity index (χ2n) is 13.5. The molecule has 1 heterocycles. The number of nitro groups is 1. The molecule has 3 aromatic rings. The smallest absolute Gasteiger partial charge is 0.297 e. The molecule has 7 heteroatoms. The van der Waals surface area contributed by atoms with Crippen molar-refractivity contribution in [2.24, 2.45) is 11.8 Å². The molecule has 7 nitrogen and oxygen atoms in total. The number of rotatable bonds is 4. The monoisotopic (exact) mass is 552 g/mol. The van der Waals surface area contributed by atoms with Gasteiger partial charge in [0.15, 0.2) is 0 Å². The van der Waals surface area contributed by atoms with Crippen LogP contribution in [0.4, 0.5) is 11.4 Å². The first-order valence-electron chi connectivity index (χ1n) is 14.3. The summed E-state index contributed by atoms with van der Waals surface area (Å²) in [5, 5.41) is 12.1. The first-order chi connectivity index (χ1) is 19.2. The van der Waals surface area contributed by atoms with Crippen LogP contribution in [-0.4, -0.2) is 23.3 Å². The SMILES string of the molecule is CCOc1ccc(N2C(=O)[C@H]3[C@H]4c5ccc(C(C)(C)C)cc5[C@H](c5ccc(C(C)(C)C)cc54)[C@@H]3C2=O)c([N+](=O)[O-])c1. The zero-order valence-corrected chi connectivity index (χ0v) is 24.6. The van der Waals surface area contributed by atoms with Crippen LogP contribution in [0.5, 0.6) is 5.75 Å². The molecule has 4 atom stereocenters. The van der Waals surface area contributed by atoms with Crippen molar-refractivity contribution in [1.82, 2.24) is 0 Å². The van der Waals surface area contributed by atoms with E-state index in [4.69, 9.17) is 4.74 Å². The van der Waals surface area contributed by atoms with Crippen LogP contribution in [0.3, 0.4) is 0 Å². The van der Waals surface area contributed by atoms with Gasteiger partial charge in [-0.05, 0) is 63.3 Å². The molecule has 0 saturated carbocycles. The van der Waals surface area contributed by atoms with Gasteiger partial charge in [-0.25, -0.2) is 4.90 Å². The number of ether oxygens (including phenoxy) is 1. The summed E-state index contributed by atoms with van der Waals surface area (Å²) in [4.78, 5) is 41.3. The minimum Gasteiger partial charge on any atom is -0.494 e. The maximum absolute atomic E-state index is 14.3. The second-order valence-corrected chi connectivity index (χ2v) is 13.5. The number of hydrogen-bond acceptors (Lipinski definition) is 5. The lowest BCUT2D eigenvalue weighted by Gasteiger charge is -2.47. The fourth-order valence-corrected chi connectivity index (χ4v) is 7.04. The Hall–Kier alpha value is -4.00. The highest BCUT2D eigenvalue weighted by atomic mass is 16.6. The summed E-state index contributed by atoms with van der Waals surface area (Å²) in [5.41, 5.74) is 6.17. The Morgan fingerprint density at radius 3 is 1.66 bits per heavy atom. The van der Waals surface area contributed by atoms with Crippen molar-refractivity contribution >= 4 is 23.2 Å². The number of hydrogen-bond donors (Lipinski definition) is 0.